The second kappa shape index (κ2) is 6.71. The lowest BCUT2D eigenvalue weighted by molar-refractivity contribution is -0.216. The minimum absolute atomic E-state index is 0.111. The fraction of sp³-hybridized carbons (Fsp3) is 0.588. The van der Waals surface area contributed by atoms with Gasteiger partial charge in [0.15, 0.2) is 0 Å². The predicted octanol–water partition coefficient (Wildman–Crippen LogP) is 2.32. The van der Waals surface area contributed by atoms with Gasteiger partial charge in [0.25, 0.3) is 9.51 Å². The van der Waals surface area contributed by atoms with E-state index in [1.807, 2.05) is 13.1 Å². The number of hydrogen-bond acceptors (Lipinski definition) is 5. The molecule has 2 aliphatic rings. The Labute approximate surface area is 172 Å². The van der Waals surface area contributed by atoms with Gasteiger partial charge in [0.05, 0.1) is 5.39 Å². The monoisotopic (exact) mass is 509 g/mol. The number of carbonyl (C=O) groups excluding carboxylic acids is 1. The van der Waals surface area contributed by atoms with Crippen molar-refractivity contribution in [2.75, 3.05) is 25.0 Å². The molecule has 3 heterocycles. The number of halogens is 4. The number of alkyl halides is 4. The first kappa shape index (κ1) is 19.7. The molecule has 1 aliphatic carbocycles. The molecule has 2 aromatic heterocycles. The van der Waals surface area contributed by atoms with Crippen LogP contribution in [0.25, 0.3) is 11.0 Å². The van der Waals surface area contributed by atoms with Crippen LogP contribution in [0.15, 0.2) is 18.6 Å². The molecule has 28 heavy (non-hydrogen) atoms. The maximum Gasteiger partial charge on any atom is 0.436 e. The molecule has 2 N–H and O–H groups in total. The second-order valence-corrected chi connectivity index (χ2v) is 9.08. The normalized spacial score (nSPS) is 27.1. The molecule has 1 saturated heterocycles. The van der Waals surface area contributed by atoms with Gasteiger partial charge in [0, 0.05) is 32.4 Å². The van der Waals surface area contributed by atoms with E-state index in [-0.39, 0.29) is 31.0 Å². The molecule has 0 bridgehead atoms. The molecule has 11 heteroatoms. The highest BCUT2D eigenvalue weighted by molar-refractivity contribution is 14.1. The van der Waals surface area contributed by atoms with E-state index in [1.54, 1.807) is 6.20 Å². The van der Waals surface area contributed by atoms with E-state index >= 15 is 0 Å². The number of nitrogens with one attached hydrogen (secondary N) is 1. The highest BCUT2D eigenvalue weighted by atomic mass is 127. The van der Waals surface area contributed by atoms with Gasteiger partial charge in [-0.1, -0.05) is 0 Å². The number of fused-ring (bicyclic) bond motifs is 2. The molecule has 0 aromatic carbocycles. The van der Waals surface area contributed by atoms with Crippen molar-refractivity contribution >= 4 is 45.3 Å². The van der Waals surface area contributed by atoms with E-state index in [4.69, 9.17) is 0 Å². The molecular weight excluding hydrogens is 490 g/mol. The zero-order chi connectivity index (χ0) is 20.3. The highest BCUT2D eigenvalue weighted by Crippen LogP contribution is 2.44. The van der Waals surface area contributed by atoms with E-state index in [9.17, 15) is 23.1 Å². The van der Waals surface area contributed by atoms with Crippen molar-refractivity contribution in [3.63, 3.8) is 0 Å². The molecule has 0 radical (unpaired) electrons. The molecule has 0 spiro atoms. The number of amides is 1. The molecule has 2 fully saturated rings. The quantitative estimate of drug-likeness (QED) is 0.491. The number of likely N-dealkylation sites (tertiary alicyclic amines) is 1. The third-order valence-corrected chi connectivity index (χ3v) is 6.96. The van der Waals surface area contributed by atoms with Crippen molar-refractivity contribution in [1.29, 1.82) is 0 Å². The number of aromatic amines is 1. The second-order valence-electron chi connectivity index (χ2n) is 7.52. The summed E-state index contributed by atoms with van der Waals surface area (Å²) in [5, 5.41) is 10.6. The van der Waals surface area contributed by atoms with E-state index in [0.717, 1.165) is 57.2 Å². The Kier molecular flexibility index (Phi) is 4.72. The maximum atomic E-state index is 13.0. The number of nitrogens with zero attached hydrogens (tertiary/aromatic N) is 4. The Balaban J connectivity index is 1.44. The summed E-state index contributed by atoms with van der Waals surface area (Å²) in [6.45, 7) is 0.469. The van der Waals surface area contributed by atoms with Crippen molar-refractivity contribution in [3.8, 4) is 0 Å². The third-order valence-electron chi connectivity index (χ3n) is 5.89. The highest BCUT2D eigenvalue weighted by Gasteiger charge is 2.60. The number of anilines is 1. The number of hydrogen-bond donors (Lipinski definition) is 2. The lowest BCUT2D eigenvalue weighted by atomic mass is 10.0. The molecule has 7 nitrogen and oxygen atoms in total. The van der Waals surface area contributed by atoms with Crippen LogP contribution >= 0.6 is 22.6 Å². The fourth-order valence-electron chi connectivity index (χ4n) is 4.39. The number of rotatable bonds is 3. The van der Waals surface area contributed by atoms with Gasteiger partial charge in [0.2, 0.25) is 0 Å². The van der Waals surface area contributed by atoms with Gasteiger partial charge in [-0.2, -0.15) is 13.2 Å². The van der Waals surface area contributed by atoms with Gasteiger partial charge < -0.3 is 19.9 Å². The summed E-state index contributed by atoms with van der Waals surface area (Å²) in [6, 6.07) is 2.09. The minimum atomic E-state index is -5.00. The van der Waals surface area contributed by atoms with Crippen LogP contribution in [0.4, 0.5) is 19.0 Å². The topological polar surface area (TPSA) is 85.4 Å². The summed E-state index contributed by atoms with van der Waals surface area (Å²) < 4.78 is 35.5. The summed E-state index contributed by atoms with van der Waals surface area (Å²) in [5.74, 6) is -0.242. The molecule has 152 valence electrons. The number of carbonyl (C=O) groups is 1. The van der Waals surface area contributed by atoms with Gasteiger partial charge >= 0.3 is 6.18 Å². The van der Waals surface area contributed by atoms with Crippen LogP contribution in [0.1, 0.15) is 12.8 Å². The molecule has 4 atom stereocenters. The number of aliphatic hydroxyl groups is 1. The largest absolute Gasteiger partial charge is 0.436 e. The Hall–Kier alpha value is -1.63. The predicted molar refractivity (Wildman–Crippen MR) is 104 cm³/mol. The molecule has 1 amide bonds. The standard InChI is InChI=1S/C17H19F3IN5O2/c1-25(14-12-2-3-22-13(12)23-8-24-14)11-4-9-6-26(7-10(9)5-11)15(27)16(21,28)17(18,19)20/h2-3,8-11,28H,4-7H2,1H3,(H,22,23,24)/t9-,10+,11?,16?. The van der Waals surface area contributed by atoms with Crippen LogP contribution in [0.5, 0.6) is 0 Å². The Morgan fingerprint density at radius 3 is 2.57 bits per heavy atom. The first-order valence-corrected chi connectivity index (χ1v) is 9.95. The lowest BCUT2D eigenvalue weighted by Gasteiger charge is -2.30. The van der Waals surface area contributed by atoms with Crippen LogP contribution in [-0.2, 0) is 4.79 Å². The van der Waals surface area contributed by atoms with Crippen LogP contribution in [0.2, 0.25) is 0 Å². The van der Waals surface area contributed by atoms with Crippen molar-refractivity contribution < 1.29 is 23.1 Å². The number of aromatic nitrogens is 3. The van der Waals surface area contributed by atoms with E-state index in [2.05, 4.69) is 19.9 Å². The summed E-state index contributed by atoms with van der Waals surface area (Å²) in [5.41, 5.74) is 0.750. The summed E-state index contributed by atoms with van der Waals surface area (Å²) in [7, 11) is 1.96. The summed E-state index contributed by atoms with van der Waals surface area (Å²) >= 11 is 0.786. The zero-order valence-corrected chi connectivity index (χ0v) is 17.1. The molecule has 2 unspecified atom stereocenters. The van der Waals surface area contributed by atoms with Crippen LogP contribution in [0.3, 0.4) is 0 Å². The Bertz CT molecular complexity index is 888. The molecular formula is C17H19F3IN5O2. The van der Waals surface area contributed by atoms with E-state index in [1.165, 1.54) is 6.33 Å². The fourth-order valence-corrected chi connectivity index (χ4v) is 4.73. The summed E-state index contributed by atoms with van der Waals surface area (Å²) in [4.78, 5) is 27.1. The molecule has 4 rings (SSSR count). The first-order chi connectivity index (χ1) is 13.1. The Morgan fingerprint density at radius 2 is 1.96 bits per heavy atom. The minimum Gasteiger partial charge on any atom is -0.364 e. The molecule has 1 aliphatic heterocycles. The lowest BCUT2D eigenvalue weighted by Crippen LogP contribution is -2.53. The van der Waals surface area contributed by atoms with E-state index in [0.29, 0.717) is 0 Å². The Morgan fingerprint density at radius 1 is 1.32 bits per heavy atom. The summed E-state index contributed by atoms with van der Waals surface area (Å²) in [6.07, 6.45) is -0.187. The first-order valence-electron chi connectivity index (χ1n) is 8.88. The van der Waals surface area contributed by atoms with Crippen molar-refractivity contribution in [1.82, 2.24) is 19.9 Å². The van der Waals surface area contributed by atoms with E-state index < -0.39 is 15.7 Å². The number of H-pyrrole nitrogens is 1. The van der Waals surface area contributed by atoms with Crippen LogP contribution in [-0.4, -0.2) is 66.8 Å². The smallest absolute Gasteiger partial charge is 0.364 e. The van der Waals surface area contributed by atoms with Gasteiger partial charge in [-0.3, -0.25) is 4.79 Å². The van der Waals surface area contributed by atoms with Gasteiger partial charge in [-0.25, -0.2) is 9.97 Å². The average Bonchev–Trinajstić information content (AvgIpc) is 3.32. The van der Waals surface area contributed by atoms with Gasteiger partial charge in [-0.05, 0) is 53.3 Å². The third kappa shape index (κ3) is 3.11. The zero-order valence-electron chi connectivity index (χ0n) is 14.9. The van der Waals surface area contributed by atoms with Crippen LogP contribution < -0.4 is 4.90 Å². The molecule has 2 aromatic rings. The van der Waals surface area contributed by atoms with Crippen molar-refractivity contribution in [2.45, 2.75) is 28.7 Å². The van der Waals surface area contributed by atoms with Gasteiger partial charge in [-0.15, -0.1) is 0 Å². The maximum absolute atomic E-state index is 13.0. The van der Waals surface area contributed by atoms with Gasteiger partial charge in [0.1, 0.15) is 17.8 Å². The average molecular weight is 509 g/mol. The molecule has 1 saturated carbocycles. The van der Waals surface area contributed by atoms with Crippen molar-refractivity contribution in [2.24, 2.45) is 11.8 Å². The SMILES string of the molecule is CN(c1ncnc2[nH]ccc12)C1C[C@@H]2CN(C(=O)C(O)(I)C(F)(F)F)C[C@@H]2C1. The van der Waals surface area contributed by atoms with Crippen LogP contribution in [0, 0.1) is 11.8 Å². The van der Waals surface area contributed by atoms with Crippen molar-refractivity contribution in [3.05, 3.63) is 18.6 Å².